The Morgan fingerprint density at radius 2 is 2.18 bits per heavy atom. The third-order valence-electron chi connectivity index (χ3n) is 3.23. The second kappa shape index (κ2) is 8.29. The second-order valence-corrected chi connectivity index (χ2v) is 5.26. The summed E-state index contributed by atoms with van der Waals surface area (Å²) in [6, 6.07) is 1.77. The van der Waals surface area contributed by atoms with Crippen LogP contribution in [0.5, 0.6) is 0 Å². The van der Waals surface area contributed by atoms with Gasteiger partial charge in [-0.15, -0.1) is 0 Å². The first kappa shape index (κ1) is 17.9. The molecule has 7 heteroatoms. The van der Waals surface area contributed by atoms with Gasteiger partial charge in [-0.25, -0.2) is 0 Å². The summed E-state index contributed by atoms with van der Waals surface area (Å²) in [5, 5.41) is 15.7. The molecule has 22 heavy (non-hydrogen) atoms. The minimum atomic E-state index is -1.35. The van der Waals surface area contributed by atoms with Crippen molar-refractivity contribution in [2.24, 2.45) is 13.0 Å². The van der Waals surface area contributed by atoms with E-state index in [1.165, 1.54) is 10.9 Å². The maximum absolute atomic E-state index is 12.3. The number of nitrogens with zero attached hydrogens (tertiary/aromatic N) is 3. The number of hydrogen-bond acceptors (Lipinski definition) is 5. The minimum Gasteiger partial charge on any atom is -0.379 e. The molecule has 120 valence electrons. The average Bonchev–Trinajstić information content (AvgIpc) is 2.79. The molecule has 0 aliphatic heterocycles. The Balaban J connectivity index is 2.56. The van der Waals surface area contributed by atoms with Gasteiger partial charge in [0.25, 0.3) is 0 Å². The standard InChI is InChI=1S/C15H22N4O3/c1-10(2)22-7-5-6-17-15(21)12(8-16)14(20)13-9-18-19(4)11(13)3/h9-10,12H,5-7H2,1-4H3,(H,17,21). The van der Waals surface area contributed by atoms with E-state index in [4.69, 9.17) is 10.00 Å². The zero-order valence-corrected chi connectivity index (χ0v) is 13.4. The number of amides is 1. The molecule has 7 nitrogen and oxygen atoms in total. The van der Waals surface area contributed by atoms with Crippen molar-refractivity contribution in [1.29, 1.82) is 5.26 Å². The summed E-state index contributed by atoms with van der Waals surface area (Å²) >= 11 is 0. The molecular formula is C15H22N4O3. The number of Topliss-reactive ketones (excluding diaryl/α,β-unsaturated/α-hetero) is 1. The number of carbonyl (C=O) groups excluding carboxylic acids is 2. The number of aryl methyl sites for hydroxylation is 1. The molecule has 1 heterocycles. The number of ether oxygens (including phenoxy) is 1. The van der Waals surface area contributed by atoms with Gasteiger partial charge in [0.2, 0.25) is 5.91 Å². The Morgan fingerprint density at radius 1 is 1.50 bits per heavy atom. The summed E-state index contributed by atoms with van der Waals surface area (Å²) in [6.07, 6.45) is 2.14. The lowest BCUT2D eigenvalue weighted by molar-refractivity contribution is -0.122. The fourth-order valence-corrected chi connectivity index (χ4v) is 1.84. The van der Waals surface area contributed by atoms with Crippen LogP contribution in [0.2, 0.25) is 0 Å². The molecule has 1 atom stereocenters. The van der Waals surface area contributed by atoms with Crippen molar-refractivity contribution in [3.8, 4) is 6.07 Å². The Hall–Kier alpha value is -2.20. The monoisotopic (exact) mass is 306 g/mol. The van der Waals surface area contributed by atoms with Crippen LogP contribution in [0.25, 0.3) is 0 Å². The van der Waals surface area contributed by atoms with Gasteiger partial charge in [0.1, 0.15) is 0 Å². The van der Waals surface area contributed by atoms with Gasteiger partial charge in [-0.1, -0.05) is 0 Å². The van der Waals surface area contributed by atoms with Crippen molar-refractivity contribution in [3.05, 3.63) is 17.5 Å². The van der Waals surface area contributed by atoms with Crippen LogP contribution in [0.4, 0.5) is 0 Å². The first-order chi connectivity index (χ1) is 10.4. The van der Waals surface area contributed by atoms with Gasteiger partial charge in [-0.05, 0) is 27.2 Å². The normalized spacial score (nSPS) is 12.0. The Kier molecular flexibility index (Phi) is 6.73. The molecule has 0 aliphatic rings. The third-order valence-corrected chi connectivity index (χ3v) is 3.23. The molecule has 1 rings (SSSR count). The van der Waals surface area contributed by atoms with E-state index in [2.05, 4.69) is 10.4 Å². The van der Waals surface area contributed by atoms with Crippen molar-refractivity contribution in [1.82, 2.24) is 15.1 Å². The largest absolute Gasteiger partial charge is 0.379 e. The van der Waals surface area contributed by atoms with E-state index in [0.717, 1.165) is 0 Å². The Bertz CT molecular complexity index is 572. The predicted octanol–water partition coefficient (Wildman–Crippen LogP) is 0.982. The van der Waals surface area contributed by atoms with Crippen LogP contribution in [0.15, 0.2) is 6.20 Å². The van der Waals surface area contributed by atoms with Crippen molar-refractivity contribution in [2.45, 2.75) is 33.3 Å². The molecule has 1 aromatic heterocycles. The molecule has 0 radical (unpaired) electrons. The number of nitriles is 1. The predicted molar refractivity (Wildman–Crippen MR) is 80.1 cm³/mol. The highest BCUT2D eigenvalue weighted by Gasteiger charge is 2.29. The van der Waals surface area contributed by atoms with E-state index in [9.17, 15) is 9.59 Å². The van der Waals surface area contributed by atoms with Gasteiger partial charge in [-0.2, -0.15) is 10.4 Å². The van der Waals surface area contributed by atoms with E-state index in [1.54, 1.807) is 20.0 Å². The van der Waals surface area contributed by atoms with Gasteiger partial charge in [0.15, 0.2) is 11.7 Å². The molecule has 0 saturated heterocycles. The summed E-state index contributed by atoms with van der Waals surface area (Å²) in [6.45, 7) is 6.46. The molecule has 1 aromatic rings. The van der Waals surface area contributed by atoms with Gasteiger partial charge in [0, 0.05) is 25.9 Å². The lowest BCUT2D eigenvalue weighted by atomic mass is 9.98. The van der Waals surface area contributed by atoms with Crippen molar-refractivity contribution < 1.29 is 14.3 Å². The Morgan fingerprint density at radius 3 is 2.68 bits per heavy atom. The highest BCUT2D eigenvalue weighted by molar-refractivity contribution is 6.12. The summed E-state index contributed by atoms with van der Waals surface area (Å²) in [5.74, 6) is -2.46. The van der Waals surface area contributed by atoms with Crippen molar-refractivity contribution in [2.75, 3.05) is 13.2 Å². The van der Waals surface area contributed by atoms with E-state index >= 15 is 0 Å². The van der Waals surface area contributed by atoms with Crippen LogP contribution in [0.1, 0.15) is 36.3 Å². The first-order valence-corrected chi connectivity index (χ1v) is 7.20. The Labute approximate surface area is 130 Å². The van der Waals surface area contributed by atoms with E-state index < -0.39 is 17.6 Å². The number of hydrogen-bond donors (Lipinski definition) is 1. The highest BCUT2D eigenvalue weighted by Crippen LogP contribution is 2.12. The third kappa shape index (κ3) is 4.67. The van der Waals surface area contributed by atoms with Gasteiger partial charge >= 0.3 is 0 Å². The summed E-state index contributed by atoms with van der Waals surface area (Å²) in [4.78, 5) is 24.3. The van der Waals surface area contributed by atoms with Gasteiger partial charge in [-0.3, -0.25) is 14.3 Å². The highest BCUT2D eigenvalue weighted by atomic mass is 16.5. The number of rotatable bonds is 8. The zero-order chi connectivity index (χ0) is 16.7. The lowest BCUT2D eigenvalue weighted by Crippen LogP contribution is -2.35. The molecular weight excluding hydrogens is 284 g/mol. The number of nitrogens with one attached hydrogen (secondary N) is 1. The lowest BCUT2D eigenvalue weighted by Gasteiger charge is -2.10. The van der Waals surface area contributed by atoms with Gasteiger partial charge in [0.05, 0.1) is 23.9 Å². The summed E-state index contributed by atoms with van der Waals surface area (Å²) in [5.41, 5.74) is 0.927. The smallest absolute Gasteiger partial charge is 0.245 e. The van der Waals surface area contributed by atoms with Gasteiger partial charge < -0.3 is 10.1 Å². The van der Waals surface area contributed by atoms with Crippen LogP contribution in [0.3, 0.4) is 0 Å². The SMILES string of the molecule is Cc1c(C(=O)C(C#N)C(=O)NCCCOC(C)C)cnn1C. The fourth-order valence-electron chi connectivity index (χ4n) is 1.84. The maximum Gasteiger partial charge on any atom is 0.245 e. The zero-order valence-electron chi connectivity index (χ0n) is 13.4. The van der Waals surface area contributed by atoms with Crippen molar-refractivity contribution in [3.63, 3.8) is 0 Å². The molecule has 0 spiro atoms. The molecule has 0 aliphatic carbocycles. The van der Waals surface area contributed by atoms with Crippen LogP contribution >= 0.6 is 0 Å². The summed E-state index contributed by atoms with van der Waals surface area (Å²) in [7, 11) is 1.70. The molecule has 1 amide bonds. The number of aromatic nitrogens is 2. The quantitative estimate of drug-likeness (QED) is 0.439. The van der Waals surface area contributed by atoms with Crippen molar-refractivity contribution >= 4 is 11.7 Å². The maximum atomic E-state index is 12.3. The molecule has 0 bridgehead atoms. The van der Waals surface area contributed by atoms with Crippen LogP contribution in [0, 0.1) is 24.2 Å². The molecule has 0 saturated carbocycles. The van der Waals surface area contributed by atoms with E-state index in [1.807, 2.05) is 13.8 Å². The average molecular weight is 306 g/mol. The molecule has 0 aromatic carbocycles. The van der Waals surface area contributed by atoms with E-state index in [0.29, 0.717) is 30.8 Å². The second-order valence-electron chi connectivity index (χ2n) is 5.26. The number of carbonyl (C=O) groups is 2. The number of ketones is 1. The molecule has 0 fully saturated rings. The molecule has 1 unspecified atom stereocenters. The molecule has 1 N–H and O–H groups in total. The first-order valence-electron chi connectivity index (χ1n) is 7.20. The minimum absolute atomic E-state index is 0.137. The fraction of sp³-hybridized carbons (Fsp3) is 0.600. The van der Waals surface area contributed by atoms with Crippen LogP contribution in [-0.4, -0.2) is 40.7 Å². The summed E-state index contributed by atoms with van der Waals surface area (Å²) < 4.78 is 6.88. The topological polar surface area (TPSA) is 97.0 Å². The van der Waals surface area contributed by atoms with Crippen LogP contribution < -0.4 is 5.32 Å². The van der Waals surface area contributed by atoms with Crippen LogP contribution in [-0.2, 0) is 16.6 Å². The van der Waals surface area contributed by atoms with E-state index in [-0.39, 0.29) is 6.10 Å².